The molecule has 28 heavy (non-hydrogen) atoms. The maximum atomic E-state index is 12.8. The first-order chi connectivity index (χ1) is 13.6. The average molecular weight is 372 g/mol. The second kappa shape index (κ2) is 6.42. The van der Waals surface area contributed by atoms with Crippen LogP contribution in [-0.2, 0) is 0 Å². The molecule has 1 aliphatic heterocycles. The highest BCUT2D eigenvalue weighted by Gasteiger charge is 2.12. The number of rotatable bonds is 2. The molecule has 0 radical (unpaired) electrons. The lowest BCUT2D eigenvalue weighted by molar-refractivity contribution is 0.370. The largest absolute Gasteiger partial charge is 0.441 e. The van der Waals surface area contributed by atoms with E-state index in [1.54, 1.807) is 10.5 Å². The van der Waals surface area contributed by atoms with E-state index in [1.807, 2.05) is 43.5 Å². The number of benzene rings is 1. The van der Waals surface area contributed by atoms with Gasteiger partial charge in [0.05, 0.1) is 5.69 Å². The third-order valence-corrected chi connectivity index (χ3v) is 5.23. The molecule has 6 heteroatoms. The van der Waals surface area contributed by atoms with E-state index in [1.165, 1.54) is 5.57 Å². The molecule has 0 saturated carbocycles. The summed E-state index contributed by atoms with van der Waals surface area (Å²) >= 11 is 0. The number of aryl methyl sites for hydroxylation is 1. The molecule has 0 amide bonds. The molecule has 5 rings (SSSR count). The fourth-order valence-corrected chi connectivity index (χ4v) is 3.67. The molecule has 6 nitrogen and oxygen atoms in total. The van der Waals surface area contributed by atoms with Crippen LogP contribution in [0.1, 0.15) is 17.9 Å². The molecule has 4 heterocycles. The zero-order chi connectivity index (χ0) is 19.3. The fourth-order valence-electron chi connectivity index (χ4n) is 3.67. The highest BCUT2D eigenvalue weighted by atomic mass is 16.3. The minimum Gasteiger partial charge on any atom is -0.441 e. The van der Waals surface area contributed by atoms with Gasteiger partial charge in [0.2, 0.25) is 0 Å². The molecule has 0 fully saturated rings. The Bertz CT molecular complexity index is 1300. The molecule has 0 aliphatic carbocycles. The van der Waals surface area contributed by atoms with Crippen molar-refractivity contribution in [3.05, 3.63) is 70.5 Å². The van der Waals surface area contributed by atoms with Crippen LogP contribution in [0.15, 0.2) is 57.9 Å². The van der Waals surface area contributed by atoms with Gasteiger partial charge in [-0.3, -0.25) is 9.20 Å². The van der Waals surface area contributed by atoms with E-state index in [9.17, 15) is 4.79 Å². The van der Waals surface area contributed by atoms with Crippen LogP contribution < -0.4 is 5.56 Å². The summed E-state index contributed by atoms with van der Waals surface area (Å²) in [6.45, 7) is 3.78. The van der Waals surface area contributed by atoms with E-state index >= 15 is 0 Å². The number of hydrogen-bond donors (Lipinski definition) is 0. The van der Waals surface area contributed by atoms with Gasteiger partial charge < -0.3 is 9.32 Å². The summed E-state index contributed by atoms with van der Waals surface area (Å²) in [5.41, 5.74) is 5.87. The Morgan fingerprint density at radius 1 is 1.07 bits per heavy atom. The second-order valence-electron chi connectivity index (χ2n) is 7.28. The van der Waals surface area contributed by atoms with Crippen LogP contribution in [-0.4, -0.2) is 39.4 Å². The van der Waals surface area contributed by atoms with Gasteiger partial charge in [-0.2, -0.15) is 0 Å². The minimum atomic E-state index is -0.0933. The SMILES string of the molecule is Cc1nc2ccc(-c3cc(=O)n4cc(C5=CCN(C)CC5)ccc4n3)cc2o1. The summed E-state index contributed by atoms with van der Waals surface area (Å²) in [6.07, 6.45) is 5.11. The lowest BCUT2D eigenvalue weighted by atomic mass is 10.0. The van der Waals surface area contributed by atoms with Crippen LogP contribution in [0.5, 0.6) is 0 Å². The third kappa shape index (κ3) is 2.92. The van der Waals surface area contributed by atoms with Gasteiger partial charge in [-0.25, -0.2) is 9.97 Å². The highest BCUT2D eigenvalue weighted by molar-refractivity contribution is 5.79. The van der Waals surface area contributed by atoms with Gasteiger partial charge in [0.1, 0.15) is 11.2 Å². The second-order valence-corrected chi connectivity index (χ2v) is 7.28. The van der Waals surface area contributed by atoms with Crippen molar-refractivity contribution in [2.45, 2.75) is 13.3 Å². The van der Waals surface area contributed by atoms with Crippen molar-refractivity contribution >= 4 is 22.3 Å². The van der Waals surface area contributed by atoms with Crippen LogP contribution in [0.25, 0.3) is 33.6 Å². The Kier molecular flexibility index (Phi) is 3.87. The standard InChI is InChI=1S/C22H20N4O2/c1-14-23-18-5-3-16(11-20(18)28-14)19-12-22(27)26-13-17(4-6-21(26)24-19)15-7-9-25(2)10-8-15/h3-7,11-13H,8-10H2,1-2H3. The molecule has 140 valence electrons. The smallest absolute Gasteiger partial charge is 0.258 e. The zero-order valence-corrected chi connectivity index (χ0v) is 15.8. The predicted molar refractivity (Wildman–Crippen MR) is 109 cm³/mol. The summed E-state index contributed by atoms with van der Waals surface area (Å²) < 4.78 is 7.23. The van der Waals surface area contributed by atoms with E-state index in [2.05, 4.69) is 23.0 Å². The summed E-state index contributed by atoms with van der Waals surface area (Å²) in [6, 6.07) is 11.2. The van der Waals surface area contributed by atoms with Gasteiger partial charge in [0.25, 0.3) is 5.56 Å². The Morgan fingerprint density at radius 2 is 1.93 bits per heavy atom. The molecular formula is C22H20N4O2. The Balaban J connectivity index is 1.58. The molecule has 0 N–H and O–H groups in total. The first-order valence-corrected chi connectivity index (χ1v) is 9.36. The van der Waals surface area contributed by atoms with Crippen molar-refractivity contribution < 1.29 is 4.42 Å². The monoisotopic (exact) mass is 372 g/mol. The van der Waals surface area contributed by atoms with Crippen molar-refractivity contribution in [1.82, 2.24) is 19.3 Å². The highest BCUT2D eigenvalue weighted by Crippen LogP contribution is 2.25. The summed E-state index contributed by atoms with van der Waals surface area (Å²) in [7, 11) is 2.11. The Labute approximate surface area is 161 Å². The first-order valence-electron chi connectivity index (χ1n) is 9.36. The van der Waals surface area contributed by atoms with E-state index in [0.29, 0.717) is 22.8 Å². The quantitative estimate of drug-likeness (QED) is 0.539. The van der Waals surface area contributed by atoms with Crippen LogP contribution in [0.4, 0.5) is 0 Å². The van der Waals surface area contributed by atoms with Crippen molar-refractivity contribution in [3.8, 4) is 11.3 Å². The van der Waals surface area contributed by atoms with Gasteiger partial charge in [-0.15, -0.1) is 0 Å². The van der Waals surface area contributed by atoms with Gasteiger partial charge in [0.15, 0.2) is 11.5 Å². The summed E-state index contributed by atoms with van der Waals surface area (Å²) in [5, 5.41) is 0. The van der Waals surface area contributed by atoms with Crippen LogP contribution >= 0.6 is 0 Å². The number of oxazole rings is 1. The molecule has 0 atom stereocenters. The molecule has 1 aliphatic rings. The van der Waals surface area contributed by atoms with E-state index in [-0.39, 0.29) is 5.56 Å². The van der Waals surface area contributed by atoms with E-state index < -0.39 is 0 Å². The van der Waals surface area contributed by atoms with Crippen LogP contribution in [0, 0.1) is 6.92 Å². The van der Waals surface area contributed by atoms with Crippen LogP contribution in [0.3, 0.4) is 0 Å². The molecule has 3 aromatic heterocycles. The van der Waals surface area contributed by atoms with E-state index in [0.717, 1.165) is 36.2 Å². The number of likely N-dealkylation sites (N-methyl/N-ethyl adjacent to an activating group) is 1. The molecule has 0 unspecified atom stereocenters. The Morgan fingerprint density at radius 3 is 2.75 bits per heavy atom. The minimum absolute atomic E-state index is 0.0933. The summed E-state index contributed by atoms with van der Waals surface area (Å²) in [4.78, 5) is 24.1. The summed E-state index contributed by atoms with van der Waals surface area (Å²) in [5.74, 6) is 0.620. The number of hydrogen-bond acceptors (Lipinski definition) is 5. The maximum absolute atomic E-state index is 12.8. The number of nitrogens with zero attached hydrogens (tertiary/aromatic N) is 4. The average Bonchev–Trinajstić information content (AvgIpc) is 3.07. The molecule has 0 bridgehead atoms. The lowest BCUT2D eigenvalue weighted by Gasteiger charge is -2.22. The van der Waals surface area contributed by atoms with Gasteiger partial charge in [-0.1, -0.05) is 12.1 Å². The van der Waals surface area contributed by atoms with Crippen molar-refractivity contribution in [2.75, 3.05) is 20.1 Å². The van der Waals surface area contributed by atoms with Gasteiger partial charge in [-0.05, 0) is 48.9 Å². The topological polar surface area (TPSA) is 63.6 Å². The number of aromatic nitrogens is 3. The van der Waals surface area contributed by atoms with Crippen molar-refractivity contribution in [2.24, 2.45) is 0 Å². The Hall–Kier alpha value is -3.25. The van der Waals surface area contributed by atoms with E-state index in [4.69, 9.17) is 9.40 Å². The van der Waals surface area contributed by atoms with Crippen LogP contribution in [0.2, 0.25) is 0 Å². The zero-order valence-electron chi connectivity index (χ0n) is 15.8. The first kappa shape index (κ1) is 16.9. The molecule has 0 spiro atoms. The third-order valence-electron chi connectivity index (χ3n) is 5.23. The number of fused-ring (bicyclic) bond motifs is 2. The van der Waals surface area contributed by atoms with Crippen molar-refractivity contribution in [1.29, 1.82) is 0 Å². The van der Waals surface area contributed by atoms with Gasteiger partial charge in [0, 0.05) is 37.8 Å². The lowest BCUT2D eigenvalue weighted by Crippen LogP contribution is -2.24. The maximum Gasteiger partial charge on any atom is 0.258 e. The normalized spacial score (nSPS) is 15.3. The van der Waals surface area contributed by atoms with Crippen molar-refractivity contribution in [3.63, 3.8) is 0 Å². The molecular weight excluding hydrogens is 352 g/mol. The predicted octanol–water partition coefficient (Wildman–Crippen LogP) is 3.53. The van der Waals surface area contributed by atoms with Gasteiger partial charge >= 0.3 is 0 Å². The molecule has 1 aromatic carbocycles. The molecule has 0 saturated heterocycles. The fraction of sp³-hybridized carbons (Fsp3) is 0.227. The number of pyridine rings is 1. The molecule has 4 aromatic rings.